The molecule has 2 aromatic rings. The molecule has 0 saturated heterocycles. The highest BCUT2D eigenvalue weighted by Crippen LogP contribution is 2.35. The minimum atomic E-state index is -0.579. The van der Waals surface area contributed by atoms with Crippen molar-refractivity contribution in [2.24, 2.45) is 0 Å². The van der Waals surface area contributed by atoms with Crippen molar-refractivity contribution in [1.29, 1.82) is 0 Å². The van der Waals surface area contributed by atoms with E-state index in [4.69, 9.17) is 0 Å². The number of nitrogens with one attached hydrogen (secondary N) is 4. The van der Waals surface area contributed by atoms with Crippen LogP contribution in [0.15, 0.2) is 24.3 Å². The molecule has 27 heavy (non-hydrogen) atoms. The molecule has 9 heteroatoms. The number of amides is 3. The molecule has 4 N–H and O–H groups in total. The molecule has 2 heterocycles. The standard InChI is InChI=1S/C18H23FN6O2/c1-3-4-8-20-18(27)24-25-10-14-15(12-6-5-7-13(19)9-12)22-23-16(14)17(25)21-11(2)26/h5-7,9,17H,3-4,8,10H2,1-2H3,(H,21,26)(H,22,23)(H2,20,24,27). The van der Waals surface area contributed by atoms with E-state index in [-0.39, 0.29) is 17.8 Å². The van der Waals surface area contributed by atoms with Gasteiger partial charge in [0.1, 0.15) is 12.0 Å². The molecule has 0 fully saturated rings. The van der Waals surface area contributed by atoms with E-state index in [0.717, 1.165) is 18.4 Å². The second-order valence-electron chi connectivity index (χ2n) is 6.43. The van der Waals surface area contributed by atoms with Crippen molar-refractivity contribution in [2.45, 2.75) is 39.4 Å². The summed E-state index contributed by atoms with van der Waals surface area (Å²) in [7, 11) is 0. The smallest absolute Gasteiger partial charge is 0.329 e. The first-order chi connectivity index (χ1) is 13.0. The van der Waals surface area contributed by atoms with Crippen LogP contribution in [0.2, 0.25) is 0 Å². The van der Waals surface area contributed by atoms with E-state index >= 15 is 0 Å². The van der Waals surface area contributed by atoms with Gasteiger partial charge in [0.15, 0.2) is 0 Å². The highest BCUT2D eigenvalue weighted by atomic mass is 19.1. The van der Waals surface area contributed by atoms with Crippen molar-refractivity contribution in [3.05, 3.63) is 41.3 Å². The summed E-state index contributed by atoms with van der Waals surface area (Å²) in [6.45, 7) is 4.34. The van der Waals surface area contributed by atoms with Crippen molar-refractivity contribution in [1.82, 2.24) is 31.3 Å². The van der Waals surface area contributed by atoms with Gasteiger partial charge in [-0.3, -0.25) is 15.3 Å². The first kappa shape index (κ1) is 18.8. The van der Waals surface area contributed by atoms with Crippen molar-refractivity contribution in [3.8, 4) is 11.3 Å². The number of aromatic amines is 1. The summed E-state index contributed by atoms with van der Waals surface area (Å²) in [5, 5.41) is 14.4. The molecule has 3 amide bonds. The Bertz CT molecular complexity index is 837. The van der Waals surface area contributed by atoms with E-state index in [0.29, 0.717) is 30.0 Å². The molecule has 0 spiro atoms. The van der Waals surface area contributed by atoms with Gasteiger partial charge in [-0.2, -0.15) is 10.1 Å². The molecule has 1 aromatic carbocycles. The van der Waals surface area contributed by atoms with Crippen LogP contribution in [0.25, 0.3) is 11.3 Å². The number of aromatic nitrogens is 2. The number of fused-ring (bicyclic) bond motifs is 1. The SMILES string of the molecule is CCCCNC(=O)NN1Cc2c(-c3cccc(F)c3)n[nH]c2C1NC(C)=O. The first-order valence-corrected chi connectivity index (χ1v) is 8.91. The number of benzene rings is 1. The number of urea groups is 1. The summed E-state index contributed by atoms with van der Waals surface area (Å²) < 4.78 is 13.6. The van der Waals surface area contributed by atoms with E-state index in [2.05, 4.69) is 26.3 Å². The Labute approximate surface area is 156 Å². The van der Waals surface area contributed by atoms with Crippen molar-refractivity contribution in [2.75, 3.05) is 6.54 Å². The predicted molar refractivity (Wildman–Crippen MR) is 97.5 cm³/mol. The van der Waals surface area contributed by atoms with Gasteiger partial charge < -0.3 is 10.6 Å². The molecule has 0 bridgehead atoms. The minimum Gasteiger partial charge on any atom is -0.337 e. The summed E-state index contributed by atoms with van der Waals surface area (Å²) in [4.78, 5) is 23.7. The fourth-order valence-electron chi connectivity index (χ4n) is 3.05. The predicted octanol–water partition coefficient (Wildman–Crippen LogP) is 2.18. The second-order valence-corrected chi connectivity index (χ2v) is 6.43. The summed E-state index contributed by atoms with van der Waals surface area (Å²) in [5.74, 6) is -0.598. The molecule has 0 aliphatic carbocycles. The van der Waals surface area contributed by atoms with Crippen LogP contribution in [0.4, 0.5) is 9.18 Å². The van der Waals surface area contributed by atoms with Crippen LogP contribution >= 0.6 is 0 Å². The molecule has 3 rings (SSSR count). The number of unbranched alkanes of at least 4 members (excludes halogenated alkanes) is 1. The van der Waals surface area contributed by atoms with Gasteiger partial charge in [0.2, 0.25) is 5.91 Å². The number of rotatable bonds is 6. The van der Waals surface area contributed by atoms with Gasteiger partial charge in [0.05, 0.1) is 11.4 Å². The summed E-state index contributed by atoms with van der Waals surface area (Å²) in [6.07, 6.45) is 1.28. The molecule has 1 aliphatic rings. The molecule has 1 atom stereocenters. The van der Waals surface area contributed by atoms with E-state index in [1.165, 1.54) is 19.1 Å². The Morgan fingerprint density at radius 3 is 2.93 bits per heavy atom. The van der Waals surface area contributed by atoms with Gasteiger partial charge in [-0.1, -0.05) is 25.5 Å². The summed E-state index contributed by atoms with van der Waals surface area (Å²) >= 11 is 0. The first-order valence-electron chi connectivity index (χ1n) is 8.91. The third-order valence-electron chi connectivity index (χ3n) is 4.31. The van der Waals surface area contributed by atoms with Gasteiger partial charge in [0, 0.05) is 31.1 Å². The quantitative estimate of drug-likeness (QED) is 0.582. The zero-order valence-corrected chi connectivity index (χ0v) is 15.3. The zero-order chi connectivity index (χ0) is 19.4. The maximum atomic E-state index is 13.6. The Hall–Kier alpha value is -2.94. The van der Waals surface area contributed by atoms with Crippen LogP contribution < -0.4 is 16.1 Å². The van der Waals surface area contributed by atoms with Crippen molar-refractivity contribution in [3.63, 3.8) is 0 Å². The van der Waals surface area contributed by atoms with E-state index in [1.807, 2.05) is 6.92 Å². The number of hydrazine groups is 1. The minimum absolute atomic E-state index is 0.243. The number of carbonyl (C=O) groups excluding carboxylic acids is 2. The van der Waals surface area contributed by atoms with Crippen LogP contribution in [0, 0.1) is 5.82 Å². The molecule has 0 radical (unpaired) electrons. The largest absolute Gasteiger partial charge is 0.337 e. The Kier molecular flexibility index (Phi) is 5.70. The lowest BCUT2D eigenvalue weighted by atomic mass is 10.1. The van der Waals surface area contributed by atoms with Crippen molar-refractivity contribution < 1.29 is 14.0 Å². The summed E-state index contributed by atoms with van der Waals surface area (Å²) in [5.41, 5.74) is 5.45. The fourth-order valence-corrected chi connectivity index (χ4v) is 3.05. The molecule has 144 valence electrons. The fraction of sp³-hybridized carbons (Fsp3) is 0.389. The average molecular weight is 374 g/mol. The average Bonchev–Trinajstić information content (AvgIpc) is 3.15. The molecule has 0 saturated carbocycles. The van der Waals surface area contributed by atoms with Gasteiger partial charge in [-0.15, -0.1) is 0 Å². The highest BCUT2D eigenvalue weighted by Gasteiger charge is 2.36. The van der Waals surface area contributed by atoms with E-state index < -0.39 is 6.17 Å². The third kappa shape index (κ3) is 4.25. The normalized spacial score (nSPS) is 16.0. The maximum absolute atomic E-state index is 13.6. The van der Waals surface area contributed by atoms with Gasteiger partial charge in [-0.25, -0.2) is 9.18 Å². The molecule has 8 nitrogen and oxygen atoms in total. The topological polar surface area (TPSA) is 102 Å². The second kappa shape index (κ2) is 8.17. The van der Waals surface area contributed by atoms with Gasteiger partial charge in [-0.05, 0) is 18.6 Å². The van der Waals surface area contributed by atoms with Gasteiger partial charge in [0.25, 0.3) is 0 Å². The number of carbonyl (C=O) groups is 2. The van der Waals surface area contributed by atoms with Crippen LogP contribution in [0.1, 0.15) is 44.1 Å². The molecule has 1 aliphatic heterocycles. The number of hydrogen-bond donors (Lipinski definition) is 4. The number of H-pyrrole nitrogens is 1. The molecular formula is C18H23FN6O2. The molecule has 1 unspecified atom stereocenters. The Morgan fingerprint density at radius 2 is 2.22 bits per heavy atom. The van der Waals surface area contributed by atoms with Crippen LogP contribution in [-0.4, -0.2) is 33.7 Å². The monoisotopic (exact) mass is 374 g/mol. The number of nitrogens with zero attached hydrogens (tertiary/aromatic N) is 2. The van der Waals surface area contributed by atoms with Gasteiger partial charge >= 0.3 is 6.03 Å². The van der Waals surface area contributed by atoms with Crippen molar-refractivity contribution >= 4 is 11.9 Å². The zero-order valence-electron chi connectivity index (χ0n) is 15.3. The van der Waals surface area contributed by atoms with Crippen LogP contribution in [-0.2, 0) is 11.3 Å². The molecular weight excluding hydrogens is 351 g/mol. The van der Waals surface area contributed by atoms with Crippen LogP contribution in [0.3, 0.4) is 0 Å². The van der Waals surface area contributed by atoms with Crippen LogP contribution in [0.5, 0.6) is 0 Å². The lowest BCUT2D eigenvalue weighted by Crippen LogP contribution is -2.50. The number of hydrogen-bond acceptors (Lipinski definition) is 4. The Morgan fingerprint density at radius 1 is 1.41 bits per heavy atom. The lowest BCUT2D eigenvalue weighted by molar-refractivity contribution is -0.121. The third-order valence-corrected chi connectivity index (χ3v) is 4.31. The Balaban J connectivity index is 1.82. The summed E-state index contributed by atoms with van der Waals surface area (Å²) in [6, 6.07) is 5.80. The lowest BCUT2D eigenvalue weighted by Gasteiger charge is -2.25. The molecule has 1 aromatic heterocycles. The maximum Gasteiger partial charge on any atom is 0.329 e. The van der Waals surface area contributed by atoms with E-state index in [9.17, 15) is 14.0 Å². The van der Waals surface area contributed by atoms with E-state index in [1.54, 1.807) is 17.1 Å². The number of halogens is 1. The highest BCUT2D eigenvalue weighted by molar-refractivity contribution is 5.75.